The third-order valence-corrected chi connectivity index (χ3v) is 3.94. The van der Waals surface area contributed by atoms with Gasteiger partial charge in [-0.1, -0.05) is 6.07 Å². The summed E-state index contributed by atoms with van der Waals surface area (Å²) in [6.45, 7) is 2.68. The van der Waals surface area contributed by atoms with Gasteiger partial charge in [-0.25, -0.2) is 4.79 Å². The van der Waals surface area contributed by atoms with Crippen molar-refractivity contribution in [2.75, 3.05) is 7.11 Å². The summed E-state index contributed by atoms with van der Waals surface area (Å²) in [5.74, 6) is -1.31. The maximum atomic E-state index is 12.0. The lowest BCUT2D eigenvalue weighted by atomic mass is 9.99. The van der Waals surface area contributed by atoms with Gasteiger partial charge in [0.2, 0.25) is 0 Å². The second-order valence-corrected chi connectivity index (χ2v) is 5.96. The number of aliphatic hydroxyl groups is 2. The highest BCUT2D eigenvalue weighted by molar-refractivity contribution is 5.87. The maximum Gasteiger partial charge on any atom is 0.331 e. The molecule has 148 valence electrons. The highest BCUT2D eigenvalue weighted by atomic mass is 16.7. The van der Waals surface area contributed by atoms with E-state index in [1.54, 1.807) is 6.07 Å². The second-order valence-electron chi connectivity index (χ2n) is 5.96. The molecule has 0 saturated carbocycles. The molecule has 1 aromatic carbocycles. The molecule has 5 atom stereocenters. The number of benzene rings is 1. The fourth-order valence-corrected chi connectivity index (χ4v) is 2.63. The molecule has 1 fully saturated rings. The third-order valence-electron chi connectivity index (χ3n) is 3.94. The van der Waals surface area contributed by atoms with Gasteiger partial charge < -0.3 is 34.3 Å². The van der Waals surface area contributed by atoms with E-state index in [-0.39, 0.29) is 11.5 Å². The van der Waals surface area contributed by atoms with Gasteiger partial charge in [0.25, 0.3) is 0 Å². The number of methoxy groups -OCH3 is 1. The van der Waals surface area contributed by atoms with Crippen LogP contribution in [0.1, 0.15) is 19.4 Å². The Kier molecular flexibility index (Phi) is 6.78. The molecule has 1 heterocycles. The summed E-state index contributed by atoms with van der Waals surface area (Å²) in [5, 5.41) is 29.8. The molecule has 0 bridgehead atoms. The quantitative estimate of drug-likeness (QED) is 0.488. The van der Waals surface area contributed by atoms with Crippen molar-refractivity contribution in [1.82, 2.24) is 0 Å². The Morgan fingerprint density at radius 1 is 1.19 bits per heavy atom. The van der Waals surface area contributed by atoms with E-state index in [0.29, 0.717) is 5.56 Å². The van der Waals surface area contributed by atoms with Crippen molar-refractivity contribution >= 4 is 18.0 Å². The summed E-state index contributed by atoms with van der Waals surface area (Å²) in [6, 6.07) is 4.45. The van der Waals surface area contributed by atoms with Crippen LogP contribution in [0.25, 0.3) is 6.08 Å². The number of carbonyl (C=O) groups excluding carboxylic acids is 2. The topological polar surface area (TPSA) is 132 Å². The highest BCUT2D eigenvalue weighted by Crippen LogP contribution is 2.27. The molecule has 0 radical (unpaired) electrons. The minimum atomic E-state index is -1.58. The van der Waals surface area contributed by atoms with Crippen molar-refractivity contribution in [2.24, 2.45) is 0 Å². The van der Waals surface area contributed by atoms with E-state index in [4.69, 9.17) is 18.9 Å². The predicted molar refractivity (Wildman–Crippen MR) is 91.7 cm³/mol. The summed E-state index contributed by atoms with van der Waals surface area (Å²) in [7, 11) is 1.39. The van der Waals surface area contributed by atoms with Crippen molar-refractivity contribution in [2.45, 2.75) is 44.6 Å². The average Bonchev–Trinajstić information content (AvgIpc) is 2.61. The molecular formula is C18H22O9. The number of rotatable bonds is 5. The number of esters is 2. The number of phenols is 1. The van der Waals surface area contributed by atoms with Crippen LogP contribution in [-0.2, 0) is 23.8 Å². The molecule has 1 saturated heterocycles. The normalized spacial score (nSPS) is 28.0. The van der Waals surface area contributed by atoms with Crippen LogP contribution in [-0.4, -0.2) is 65.1 Å². The van der Waals surface area contributed by atoms with E-state index >= 15 is 0 Å². The van der Waals surface area contributed by atoms with Gasteiger partial charge in [0, 0.05) is 13.0 Å². The summed E-state index contributed by atoms with van der Waals surface area (Å²) in [5.41, 5.74) is 0.550. The Hall–Kier alpha value is -2.62. The number of aliphatic hydroxyl groups excluding tert-OH is 2. The number of carbonyl (C=O) groups is 2. The van der Waals surface area contributed by atoms with E-state index in [2.05, 4.69) is 0 Å². The van der Waals surface area contributed by atoms with Gasteiger partial charge >= 0.3 is 11.9 Å². The minimum Gasteiger partial charge on any atom is -0.504 e. The zero-order valence-corrected chi connectivity index (χ0v) is 15.1. The van der Waals surface area contributed by atoms with Crippen LogP contribution in [0.4, 0.5) is 0 Å². The smallest absolute Gasteiger partial charge is 0.331 e. The summed E-state index contributed by atoms with van der Waals surface area (Å²) in [4.78, 5) is 23.2. The predicted octanol–water partition coefficient (Wildman–Crippen LogP) is 0.355. The van der Waals surface area contributed by atoms with Crippen LogP contribution in [0.15, 0.2) is 24.3 Å². The summed E-state index contributed by atoms with van der Waals surface area (Å²) >= 11 is 0. The molecule has 9 nitrogen and oxygen atoms in total. The molecule has 1 aliphatic rings. The minimum absolute atomic E-state index is 0.0477. The molecular weight excluding hydrogens is 360 g/mol. The number of aromatic hydroxyl groups is 1. The van der Waals surface area contributed by atoms with Crippen molar-refractivity contribution in [1.29, 1.82) is 0 Å². The van der Waals surface area contributed by atoms with E-state index in [0.717, 1.165) is 6.08 Å². The first-order chi connectivity index (χ1) is 12.7. The van der Waals surface area contributed by atoms with Gasteiger partial charge in [-0.15, -0.1) is 0 Å². The number of hydrogen-bond donors (Lipinski definition) is 3. The van der Waals surface area contributed by atoms with Crippen LogP contribution >= 0.6 is 0 Å². The van der Waals surface area contributed by atoms with Crippen molar-refractivity contribution in [3.05, 3.63) is 29.8 Å². The van der Waals surface area contributed by atoms with Crippen LogP contribution in [0, 0.1) is 0 Å². The van der Waals surface area contributed by atoms with Gasteiger partial charge in [-0.05, 0) is 30.7 Å². The van der Waals surface area contributed by atoms with Gasteiger partial charge in [-0.3, -0.25) is 4.79 Å². The fraction of sp³-hybridized carbons (Fsp3) is 0.444. The lowest BCUT2D eigenvalue weighted by Gasteiger charge is -2.40. The first-order valence-corrected chi connectivity index (χ1v) is 8.17. The lowest BCUT2D eigenvalue weighted by molar-refractivity contribution is -0.284. The molecule has 2 rings (SSSR count). The number of phenolic OH excluding ortho intramolecular Hbond substituents is 1. The second kappa shape index (κ2) is 8.85. The largest absolute Gasteiger partial charge is 0.504 e. The summed E-state index contributed by atoms with van der Waals surface area (Å²) in [6.07, 6.45) is -3.87. The Morgan fingerprint density at radius 3 is 2.52 bits per heavy atom. The first-order valence-electron chi connectivity index (χ1n) is 8.17. The Morgan fingerprint density at radius 2 is 1.89 bits per heavy atom. The molecule has 27 heavy (non-hydrogen) atoms. The monoisotopic (exact) mass is 382 g/mol. The lowest BCUT2D eigenvalue weighted by Crippen LogP contribution is -2.59. The SMILES string of the molecule is COc1cc(C=CC(=O)O[C@@H]2[C@H](O)[C@@H](OC(C)=O)[C@@H](C)O[C@H]2O)ccc1O. The van der Waals surface area contributed by atoms with Crippen LogP contribution in [0.5, 0.6) is 11.5 Å². The van der Waals surface area contributed by atoms with Gasteiger partial charge in [0.1, 0.15) is 6.10 Å². The molecule has 0 aromatic heterocycles. The molecule has 0 aliphatic carbocycles. The van der Waals surface area contributed by atoms with E-state index in [9.17, 15) is 24.9 Å². The Labute approximate surface area is 155 Å². The van der Waals surface area contributed by atoms with E-state index in [1.807, 2.05) is 0 Å². The number of ether oxygens (including phenoxy) is 4. The Bertz CT molecular complexity index is 715. The zero-order valence-electron chi connectivity index (χ0n) is 15.1. The van der Waals surface area contributed by atoms with Crippen molar-refractivity contribution in [3.63, 3.8) is 0 Å². The van der Waals surface area contributed by atoms with E-state index in [1.165, 1.54) is 39.2 Å². The maximum absolute atomic E-state index is 12.0. The number of hydrogen-bond acceptors (Lipinski definition) is 9. The zero-order chi connectivity index (χ0) is 20.1. The van der Waals surface area contributed by atoms with Crippen molar-refractivity contribution < 1.29 is 43.9 Å². The Balaban J connectivity index is 2.06. The van der Waals surface area contributed by atoms with Crippen molar-refractivity contribution in [3.8, 4) is 11.5 Å². The standard InChI is InChI=1S/C18H22O9/c1-9-16(26-10(2)19)15(22)17(18(23)25-9)27-14(21)7-5-11-4-6-12(20)13(8-11)24-3/h4-9,15-18,20,22-23H,1-3H3/t9-,15-,16+,17-,18-/m1/s1. The molecule has 0 unspecified atom stereocenters. The first kappa shape index (κ1) is 20.7. The van der Waals surface area contributed by atoms with Crippen LogP contribution < -0.4 is 4.74 Å². The third kappa shape index (κ3) is 5.19. The van der Waals surface area contributed by atoms with Gasteiger partial charge in [-0.2, -0.15) is 0 Å². The van der Waals surface area contributed by atoms with Gasteiger partial charge in [0.15, 0.2) is 30.0 Å². The summed E-state index contributed by atoms with van der Waals surface area (Å²) < 4.78 is 20.2. The highest BCUT2D eigenvalue weighted by Gasteiger charge is 2.46. The molecule has 3 N–H and O–H groups in total. The van der Waals surface area contributed by atoms with Gasteiger partial charge in [0.05, 0.1) is 13.2 Å². The van der Waals surface area contributed by atoms with Crippen LogP contribution in [0.2, 0.25) is 0 Å². The molecule has 0 spiro atoms. The molecule has 1 aliphatic heterocycles. The van der Waals surface area contributed by atoms with Crippen LogP contribution in [0.3, 0.4) is 0 Å². The molecule has 1 aromatic rings. The fourth-order valence-electron chi connectivity index (χ4n) is 2.63. The average molecular weight is 382 g/mol. The van der Waals surface area contributed by atoms with E-state index < -0.39 is 42.6 Å². The molecule has 9 heteroatoms. The molecule has 0 amide bonds.